The number of hydrogen-bond donors (Lipinski definition) is 0. The molecule has 0 unspecified atom stereocenters. The van der Waals surface area contributed by atoms with Crippen LogP contribution in [0.4, 0.5) is 0 Å². The number of nitrogens with zero attached hydrogens (tertiary/aromatic N) is 5. The second-order valence-electron chi connectivity index (χ2n) is 7.04. The number of benzene rings is 1. The molecule has 7 nitrogen and oxygen atoms in total. The van der Waals surface area contributed by atoms with E-state index in [1.54, 1.807) is 4.68 Å². The fourth-order valence-electron chi connectivity index (χ4n) is 3.35. The Bertz CT molecular complexity index is 771. The molecule has 0 N–H and O–H groups in total. The molecule has 1 aliphatic heterocycles. The quantitative estimate of drug-likeness (QED) is 0.814. The lowest BCUT2D eigenvalue weighted by Gasteiger charge is -2.31. The Hall–Kier alpha value is -2.41. The van der Waals surface area contributed by atoms with Gasteiger partial charge in [-0.3, -0.25) is 4.79 Å². The maximum Gasteiger partial charge on any atom is 0.225 e. The highest BCUT2D eigenvalue weighted by molar-refractivity contribution is 5.76. The van der Waals surface area contributed by atoms with Gasteiger partial charge in [-0.05, 0) is 34.0 Å². The summed E-state index contributed by atoms with van der Waals surface area (Å²) in [5.41, 5.74) is 1.05. The molecule has 1 atom stereocenters. The molecule has 1 aromatic heterocycles. The molecule has 3 rings (SSSR count). The van der Waals surface area contributed by atoms with Crippen molar-refractivity contribution in [1.82, 2.24) is 24.6 Å². The van der Waals surface area contributed by atoms with Crippen molar-refractivity contribution in [2.24, 2.45) is 0 Å². The summed E-state index contributed by atoms with van der Waals surface area (Å²) < 4.78 is 7.78. The Kier molecular flexibility index (Phi) is 5.56. The normalized spacial score (nSPS) is 17.0. The van der Waals surface area contributed by atoms with Gasteiger partial charge in [0.25, 0.3) is 0 Å². The van der Waals surface area contributed by atoms with Crippen LogP contribution in [0.1, 0.15) is 23.6 Å². The molecule has 0 radical (unpaired) electrons. The fraction of sp³-hybridized carbons (Fsp3) is 0.526. The second kappa shape index (κ2) is 7.86. The number of aromatic nitrogens is 3. The maximum absolute atomic E-state index is 13.0. The van der Waals surface area contributed by atoms with Crippen LogP contribution in [0, 0.1) is 13.8 Å². The van der Waals surface area contributed by atoms with Crippen LogP contribution in [0.2, 0.25) is 0 Å². The standard InChI is InChI=1S/C19H27N5O2/c1-14-20-15(2)24(21-14)10-9-19(25)23-11-16-7-5-6-8-18(16)26-13-17(23)12-22(3)4/h5-8,17H,9-13H2,1-4H3/t17-/m1/s1. The average Bonchev–Trinajstić information content (AvgIpc) is 2.81. The van der Waals surface area contributed by atoms with Gasteiger partial charge in [0.15, 0.2) is 0 Å². The van der Waals surface area contributed by atoms with Crippen molar-refractivity contribution < 1.29 is 9.53 Å². The molecule has 1 aromatic carbocycles. The van der Waals surface area contributed by atoms with Crippen molar-refractivity contribution >= 4 is 5.91 Å². The summed E-state index contributed by atoms with van der Waals surface area (Å²) >= 11 is 0. The van der Waals surface area contributed by atoms with Crippen LogP contribution in [0.5, 0.6) is 5.75 Å². The van der Waals surface area contributed by atoms with Gasteiger partial charge in [0.05, 0.1) is 12.6 Å². The predicted octanol–water partition coefficient (Wildman–Crippen LogP) is 1.64. The van der Waals surface area contributed by atoms with Gasteiger partial charge in [-0.25, -0.2) is 9.67 Å². The predicted molar refractivity (Wildman–Crippen MR) is 98.9 cm³/mol. The lowest BCUT2D eigenvalue weighted by molar-refractivity contribution is -0.135. The number of para-hydroxylation sites is 1. The molecule has 0 aliphatic carbocycles. The van der Waals surface area contributed by atoms with E-state index in [2.05, 4.69) is 15.0 Å². The molecular formula is C19H27N5O2. The highest BCUT2D eigenvalue weighted by Gasteiger charge is 2.28. The number of carbonyl (C=O) groups is 1. The first kappa shape index (κ1) is 18.4. The van der Waals surface area contributed by atoms with Crippen molar-refractivity contribution in [3.05, 3.63) is 41.5 Å². The second-order valence-corrected chi connectivity index (χ2v) is 7.04. The van der Waals surface area contributed by atoms with Crippen molar-refractivity contribution in [3.8, 4) is 5.75 Å². The van der Waals surface area contributed by atoms with E-state index in [9.17, 15) is 4.79 Å². The van der Waals surface area contributed by atoms with Gasteiger partial charge in [-0.1, -0.05) is 18.2 Å². The summed E-state index contributed by atoms with van der Waals surface area (Å²) in [7, 11) is 4.03. The van der Waals surface area contributed by atoms with Gasteiger partial charge < -0.3 is 14.5 Å². The molecule has 7 heteroatoms. The van der Waals surface area contributed by atoms with Crippen molar-refractivity contribution in [2.45, 2.75) is 39.4 Å². The molecule has 0 spiro atoms. The Morgan fingerprint density at radius 3 is 2.77 bits per heavy atom. The van der Waals surface area contributed by atoms with Gasteiger partial charge in [0.2, 0.25) is 5.91 Å². The van der Waals surface area contributed by atoms with E-state index in [0.717, 1.165) is 29.5 Å². The lowest BCUT2D eigenvalue weighted by atomic mass is 10.1. The third-order valence-electron chi connectivity index (χ3n) is 4.58. The number of hydrogen-bond acceptors (Lipinski definition) is 5. The molecule has 0 fully saturated rings. The zero-order chi connectivity index (χ0) is 18.7. The van der Waals surface area contributed by atoms with Gasteiger partial charge in [-0.15, -0.1) is 0 Å². The van der Waals surface area contributed by atoms with Crippen LogP contribution in [0.25, 0.3) is 0 Å². The zero-order valence-electron chi connectivity index (χ0n) is 16.0. The van der Waals surface area contributed by atoms with E-state index in [-0.39, 0.29) is 11.9 Å². The van der Waals surface area contributed by atoms with Crippen LogP contribution in [-0.2, 0) is 17.9 Å². The summed E-state index contributed by atoms with van der Waals surface area (Å²) in [6, 6.07) is 7.96. The van der Waals surface area contributed by atoms with E-state index in [4.69, 9.17) is 4.74 Å². The minimum absolute atomic E-state index is 0.0171. The average molecular weight is 357 g/mol. The third-order valence-corrected chi connectivity index (χ3v) is 4.58. The first-order chi connectivity index (χ1) is 12.4. The Morgan fingerprint density at radius 1 is 1.31 bits per heavy atom. The van der Waals surface area contributed by atoms with Gasteiger partial charge >= 0.3 is 0 Å². The summed E-state index contributed by atoms with van der Waals surface area (Å²) in [6.07, 6.45) is 0.399. The van der Waals surface area contributed by atoms with Crippen LogP contribution in [0.15, 0.2) is 24.3 Å². The molecule has 2 aromatic rings. The highest BCUT2D eigenvalue weighted by atomic mass is 16.5. The number of likely N-dealkylation sites (N-methyl/N-ethyl adjacent to an activating group) is 1. The highest BCUT2D eigenvalue weighted by Crippen LogP contribution is 2.25. The molecule has 1 amide bonds. The minimum Gasteiger partial charge on any atom is -0.491 e. The molecule has 0 saturated carbocycles. The monoisotopic (exact) mass is 357 g/mol. The van der Waals surface area contributed by atoms with Gasteiger partial charge in [-0.2, -0.15) is 5.10 Å². The molecular weight excluding hydrogens is 330 g/mol. The number of amides is 1. The van der Waals surface area contributed by atoms with Crippen LogP contribution < -0.4 is 4.74 Å². The van der Waals surface area contributed by atoms with Crippen molar-refractivity contribution in [1.29, 1.82) is 0 Å². The summed E-state index contributed by atoms with van der Waals surface area (Å²) in [4.78, 5) is 21.4. The van der Waals surface area contributed by atoms with E-state index in [1.807, 2.05) is 57.1 Å². The number of aryl methyl sites for hydroxylation is 3. The maximum atomic E-state index is 13.0. The van der Waals surface area contributed by atoms with Crippen molar-refractivity contribution in [2.75, 3.05) is 27.2 Å². The summed E-state index contributed by atoms with van der Waals surface area (Å²) in [6.45, 7) is 6.16. The van der Waals surface area contributed by atoms with Crippen LogP contribution in [-0.4, -0.2) is 63.8 Å². The number of fused-ring (bicyclic) bond motifs is 1. The van der Waals surface area contributed by atoms with E-state index >= 15 is 0 Å². The topological polar surface area (TPSA) is 63.5 Å². The number of ether oxygens (including phenoxy) is 1. The molecule has 0 bridgehead atoms. The molecule has 2 heterocycles. The lowest BCUT2D eigenvalue weighted by Crippen LogP contribution is -2.47. The number of rotatable bonds is 5. The van der Waals surface area contributed by atoms with E-state index in [0.29, 0.717) is 26.1 Å². The summed E-state index contributed by atoms with van der Waals surface area (Å²) in [5.74, 6) is 2.56. The smallest absolute Gasteiger partial charge is 0.225 e. The first-order valence-electron chi connectivity index (χ1n) is 8.97. The molecule has 1 aliphatic rings. The fourth-order valence-corrected chi connectivity index (χ4v) is 3.35. The Balaban J connectivity index is 1.75. The molecule has 0 saturated heterocycles. The molecule has 140 valence electrons. The Labute approximate surface area is 154 Å². The van der Waals surface area contributed by atoms with Crippen LogP contribution in [0.3, 0.4) is 0 Å². The zero-order valence-corrected chi connectivity index (χ0v) is 16.0. The summed E-state index contributed by atoms with van der Waals surface area (Å²) in [5, 5.41) is 4.35. The third kappa shape index (κ3) is 4.22. The SMILES string of the molecule is Cc1nc(C)n(CCC(=O)N2Cc3ccccc3OC[C@H]2CN(C)C)n1. The minimum atomic E-state index is 0.0171. The van der Waals surface area contributed by atoms with Crippen molar-refractivity contribution in [3.63, 3.8) is 0 Å². The first-order valence-corrected chi connectivity index (χ1v) is 8.97. The van der Waals surface area contributed by atoms with E-state index in [1.165, 1.54) is 0 Å². The largest absolute Gasteiger partial charge is 0.491 e. The Morgan fingerprint density at radius 2 is 2.08 bits per heavy atom. The van der Waals surface area contributed by atoms with E-state index < -0.39 is 0 Å². The van der Waals surface area contributed by atoms with Crippen LogP contribution >= 0.6 is 0 Å². The van der Waals surface area contributed by atoms with Gasteiger partial charge in [0.1, 0.15) is 24.0 Å². The number of carbonyl (C=O) groups excluding carboxylic acids is 1. The van der Waals surface area contributed by atoms with Gasteiger partial charge in [0, 0.05) is 25.1 Å². The molecule has 26 heavy (non-hydrogen) atoms.